The molecule has 0 unspecified atom stereocenters. The van der Waals surface area contributed by atoms with Crippen LogP contribution in [0.5, 0.6) is 0 Å². The lowest BCUT2D eigenvalue weighted by atomic mass is 10.0. The molecule has 3 N–H and O–H groups in total. The number of likely N-dealkylation sites (tertiary alicyclic amines) is 2. The Kier molecular flexibility index (Phi) is 14.7. The van der Waals surface area contributed by atoms with Gasteiger partial charge in [-0.25, -0.2) is 19.4 Å². The van der Waals surface area contributed by atoms with Crippen LogP contribution >= 0.6 is 12.6 Å². The molecular formula is C36H38N8O14S. The molecule has 4 amide bonds. The molecule has 22 nitrogen and oxygen atoms in total. The van der Waals surface area contributed by atoms with E-state index in [0.29, 0.717) is 16.7 Å². The minimum atomic E-state index is -1.29. The standard InChI is InChI=1S/C36H38N8O14S/c45-31(30-15-29(59)18-41(30)36(49)58-21-24-5-11-28(12-6-24)44(54)55)16-32(46)40-14-13-25(17-40)37-33(38-34(47)56-19-22-1-7-26(8-2-22)42(50)51)39-35(48)57-20-23-3-9-27(10-4-23)43(52)53/h1-12,25,29-31,45,59H,13-21H2,(H2,37,38,39,47,48)/t25-,29-,30-,31-/m0/s1. The number of alkyl carbamates (subject to hydrolysis) is 2. The summed E-state index contributed by atoms with van der Waals surface area (Å²) in [4.78, 5) is 90.1. The van der Waals surface area contributed by atoms with Crippen molar-refractivity contribution in [1.29, 1.82) is 0 Å². The van der Waals surface area contributed by atoms with E-state index in [-0.39, 0.29) is 87.0 Å². The summed E-state index contributed by atoms with van der Waals surface area (Å²) in [6.45, 7) is -0.395. The number of nitro benzene ring substituents is 3. The van der Waals surface area contributed by atoms with Gasteiger partial charge in [0.1, 0.15) is 19.8 Å². The first-order valence-electron chi connectivity index (χ1n) is 17.9. The van der Waals surface area contributed by atoms with Crippen molar-refractivity contribution >= 4 is 59.8 Å². The summed E-state index contributed by atoms with van der Waals surface area (Å²) in [5.41, 5.74) is 0.928. The number of nitrogens with one attached hydrogen (secondary N) is 2. The topological polar surface area (TPSA) is 289 Å². The number of benzene rings is 3. The Morgan fingerprint density at radius 1 is 0.746 bits per heavy atom. The Balaban J connectivity index is 1.17. The van der Waals surface area contributed by atoms with Crippen LogP contribution in [0.25, 0.3) is 0 Å². The number of ether oxygens (including phenoxy) is 3. The summed E-state index contributed by atoms with van der Waals surface area (Å²) in [6, 6.07) is 14.5. The molecule has 312 valence electrons. The molecule has 23 heteroatoms. The van der Waals surface area contributed by atoms with Crippen LogP contribution in [-0.2, 0) is 38.8 Å². The summed E-state index contributed by atoms with van der Waals surface area (Å²) >= 11 is 4.46. The number of carbonyl (C=O) groups excluding carboxylic acids is 4. The van der Waals surface area contributed by atoms with Crippen LogP contribution in [0.15, 0.2) is 77.8 Å². The highest BCUT2D eigenvalue weighted by atomic mass is 32.1. The number of non-ortho nitro benzene ring substituents is 3. The van der Waals surface area contributed by atoms with E-state index in [9.17, 15) is 54.6 Å². The Hall–Kier alpha value is -6.88. The van der Waals surface area contributed by atoms with Crippen LogP contribution < -0.4 is 10.6 Å². The van der Waals surface area contributed by atoms with Crippen molar-refractivity contribution in [3.05, 3.63) is 120 Å². The molecule has 3 aromatic rings. The van der Waals surface area contributed by atoms with E-state index in [1.807, 2.05) is 0 Å². The van der Waals surface area contributed by atoms with E-state index in [1.165, 1.54) is 82.6 Å². The van der Waals surface area contributed by atoms with Crippen LogP contribution in [0.4, 0.5) is 31.4 Å². The van der Waals surface area contributed by atoms with Crippen molar-refractivity contribution < 1.29 is 53.3 Å². The molecule has 0 bridgehead atoms. The van der Waals surface area contributed by atoms with Crippen LogP contribution in [0.3, 0.4) is 0 Å². The van der Waals surface area contributed by atoms with Crippen molar-refractivity contribution in [1.82, 2.24) is 20.4 Å². The predicted octanol–water partition coefficient (Wildman–Crippen LogP) is 3.98. The quantitative estimate of drug-likeness (QED) is 0.0473. The fourth-order valence-electron chi connectivity index (χ4n) is 6.15. The number of aliphatic imine (C=N–C) groups is 1. The molecule has 2 saturated heterocycles. The lowest BCUT2D eigenvalue weighted by Crippen LogP contribution is -2.45. The van der Waals surface area contributed by atoms with Crippen LogP contribution in [0.2, 0.25) is 0 Å². The monoisotopic (exact) mass is 838 g/mol. The van der Waals surface area contributed by atoms with Crippen molar-refractivity contribution in [2.75, 3.05) is 19.6 Å². The number of amides is 4. The Morgan fingerprint density at radius 3 is 1.63 bits per heavy atom. The fourth-order valence-corrected chi connectivity index (χ4v) is 6.54. The number of guanidine groups is 1. The third-order valence-corrected chi connectivity index (χ3v) is 9.57. The zero-order valence-corrected chi connectivity index (χ0v) is 31.9. The average Bonchev–Trinajstić information content (AvgIpc) is 3.85. The molecule has 3 aromatic carbocycles. The van der Waals surface area contributed by atoms with Gasteiger partial charge in [-0.3, -0.25) is 45.8 Å². The summed E-state index contributed by atoms with van der Waals surface area (Å²) in [5.74, 6) is -0.843. The molecule has 2 aliphatic rings. The van der Waals surface area contributed by atoms with E-state index >= 15 is 0 Å². The molecule has 0 saturated carbocycles. The summed E-state index contributed by atoms with van der Waals surface area (Å²) < 4.78 is 15.8. The number of nitro groups is 3. The normalized spacial score (nSPS) is 17.6. The van der Waals surface area contributed by atoms with E-state index in [0.717, 1.165) is 0 Å². The molecule has 0 spiro atoms. The van der Waals surface area contributed by atoms with Gasteiger partial charge in [0.05, 0.1) is 39.4 Å². The van der Waals surface area contributed by atoms with Gasteiger partial charge in [-0.2, -0.15) is 12.6 Å². The van der Waals surface area contributed by atoms with Crippen molar-refractivity contribution in [2.24, 2.45) is 4.99 Å². The van der Waals surface area contributed by atoms with Gasteiger partial charge in [0.15, 0.2) is 0 Å². The highest BCUT2D eigenvalue weighted by molar-refractivity contribution is 7.81. The molecule has 2 aliphatic heterocycles. The molecule has 0 aliphatic carbocycles. The number of rotatable bonds is 13. The smallest absolute Gasteiger partial charge is 0.414 e. The Labute approximate surface area is 340 Å². The molecule has 5 rings (SSSR count). The number of aliphatic hydroxyl groups is 1. The second kappa shape index (κ2) is 20.0. The number of carbonyl (C=O) groups is 4. The zero-order chi connectivity index (χ0) is 42.6. The molecule has 2 heterocycles. The third kappa shape index (κ3) is 12.6. The van der Waals surface area contributed by atoms with Gasteiger partial charge < -0.3 is 29.1 Å². The maximum atomic E-state index is 13.4. The summed E-state index contributed by atoms with van der Waals surface area (Å²) in [6.07, 6.45) is -3.95. The summed E-state index contributed by atoms with van der Waals surface area (Å²) in [7, 11) is 0. The van der Waals surface area contributed by atoms with Gasteiger partial charge >= 0.3 is 18.3 Å². The molecule has 0 radical (unpaired) electrons. The molecule has 4 atom stereocenters. The maximum Gasteiger partial charge on any atom is 0.414 e. The Morgan fingerprint density at radius 2 is 1.19 bits per heavy atom. The first-order valence-corrected chi connectivity index (χ1v) is 18.4. The number of aliphatic hydroxyl groups excluding tert-OH is 1. The van der Waals surface area contributed by atoms with E-state index in [4.69, 9.17) is 14.2 Å². The van der Waals surface area contributed by atoms with Gasteiger partial charge in [0.25, 0.3) is 17.1 Å². The van der Waals surface area contributed by atoms with Gasteiger partial charge in [0.2, 0.25) is 11.9 Å². The van der Waals surface area contributed by atoms with Gasteiger partial charge in [0, 0.05) is 61.3 Å². The molecule has 59 heavy (non-hydrogen) atoms. The van der Waals surface area contributed by atoms with E-state index in [1.54, 1.807) is 0 Å². The predicted molar refractivity (Wildman–Crippen MR) is 207 cm³/mol. The summed E-state index contributed by atoms with van der Waals surface area (Å²) in [5, 5.41) is 48.3. The molecule has 0 aromatic heterocycles. The second-order valence-electron chi connectivity index (χ2n) is 13.4. The number of nitrogens with zero attached hydrogens (tertiary/aromatic N) is 6. The minimum absolute atomic E-state index is 0.0228. The SMILES string of the molecule is O=C(NC(=N[C@H]1CCN(C(=O)C[C@H](O)[C@@H]2C[C@H](S)CN2C(=O)OCc2ccc([N+](=O)[O-])cc2)C1)NC(=O)OCc1ccc([N+](=O)[O-])cc1)OCc1ccc([N+](=O)[O-])cc1. The maximum absolute atomic E-state index is 13.4. The van der Waals surface area contributed by atoms with Crippen LogP contribution in [0.1, 0.15) is 36.0 Å². The fraction of sp³-hybridized carbons (Fsp3) is 0.361. The van der Waals surface area contributed by atoms with Gasteiger partial charge in [-0.1, -0.05) is 0 Å². The van der Waals surface area contributed by atoms with Crippen molar-refractivity contribution in [3.8, 4) is 0 Å². The van der Waals surface area contributed by atoms with E-state index < -0.39 is 57.1 Å². The van der Waals surface area contributed by atoms with Gasteiger partial charge in [-0.05, 0) is 65.9 Å². The van der Waals surface area contributed by atoms with E-state index in [2.05, 4.69) is 28.3 Å². The first-order chi connectivity index (χ1) is 28.1. The van der Waals surface area contributed by atoms with Crippen LogP contribution in [-0.4, -0.2) is 103 Å². The largest absolute Gasteiger partial charge is 0.445 e. The lowest BCUT2D eigenvalue weighted by Gasteiger charge is -2.28. The Bertz CT molecular complexity index is 1990. The molecule has 2 fully saturated rings. The third-order valence-electron chi connectivity index (χ3n) is 9.20. The number of thiol groups is 1. The number of hydrogen-bond donors (Lipinski definition) is 4. The second-order valence-corrected chi connectivity index (χ2v) is 14.1. The van der Waals surface area contributed by atoms with Crippen LogP contribution in [0, 0.1) is 30.3 Å². The zero-order valence-electron chi connectivity index (χ0n) is 31.0. The van der Waals surface area contributed by atoms with Gasteiger partial charge in [-0.15, -0.1) is 0 Å². The highest BCUT2D eigenvalue weighted by Crippen LogP contribution is 2.28. The average molecular weight is 839 g/mol. The number of hydrogen-bond acceptors (Lipinski definition) is 16. The minimum Gasteiger partial charge on any atom is -0.445 e. The van der Waals surface area contributed by atoms with Crippen molar-refractivity contribution in [3.63, 3.8) is 0 Å². The lowest BCUT2D eigenvalue weighted by molar-refractivity contribution is -0.385. The first kappa shape index (κ1) is 43.2. The molecular weight excluding hydrogens is 801 g/mol. The van der Waals surface area contributed by atoms with Crippen molar-refractivity contribution in [2.45, 2.75) is 62.5 Å². The highest BCUT2D eigenvalue weighted by Gasteiger charge is 2.40.